The van der Waals surface area contributed by atoms with Crippen LogP contribution in [-0.4, -0.2) is 38.2 Å². The van der Waals surface area contributed by atoms with Crippen molar-refractivity contribution in [1.82, 2.24) is 10.3 Å². The van der Waals surface area contributed by atoms with Crippen LogP contribution in [0.5, 0.6) is 0 Å². The number of hydrogen-bond acceptors (Lipinski definition) is 6. The lowest BCUT2D eigenvalue weighted by atomic mass is 9.87. The van der Waals surface area contributed by atoms with E-state index in [0.717, 1.165) is 18.5 Å². The number of amides is 1. The fraction of sp³-hybridized carbons (Fsp3) is 0.565. The first-order valence-corrected chi connectivity index (χ1v) is 13.8. The smallest absolute Gasteiger partial charge is 0.237 e. The highest BCUT2D eigenvalue weighted by Crippen LogP contribution is 2.61. The summed E-state index contributed by atoms with van der Waals surface area (Å²) in [6, 6.07) is 7.07. The van der Waals surface area contributed by atoms with E-state index in [1.54, 1.807) is 18.3 Å². The third-order valence-corrected chi connectivity index (χ3v) is 9.29. The van der Waals surface area contributed by atoms with Gasteiger partial charge in [-0.15, -0.1) is 11.3 Å². The molecular weight excluding hydrogens is 430 g/mol. The summed E-state index contributed by atoms with van der Waals surface area (Å²) >= 11 is 1.41. The maximum atomic E-state index is 13.4. The molecule has 0 unspecified atom stereocenters. The first-order valence-electron chi connectivity index (χ1n) is 11.2. The Labute approximate surface area is 188 Å². The fourth-order valence-corrected chi connectivity index (χ4v) is 6.91. The summed E-state index contributed by atoms with van der Waals surface area (Å²) in [5.74, 6) is 0.995. The molecule has 1 aromatic carbocycles. The number of nitrogens with one attached hydrogen (secondary N) is 2. The second-order valence-electron chi connectivity index (χ2n) is 8.67. The molecule has 1 aromatic heterocycles. The zero-order valence-corrected chi connectivity index (χ0v) is 19.6. The van der Waals surface area contributed by atoms with Crippen LogP contribution in [0.3, 0.4) is 0 Å². The van der Waals surface area contributed by atoms with Crippen LogP contribution in [0.15, 0.2) is 40.7 Å². The molecular formula is C23H31N3O3S2. The zero-order chi connectivity index (χ0) is 21.9. The second kappa shape index (κ2) is 9.38. The van der Waals surface area contributed by atoms with Gasteiger partial charge in [0.15, 0.2) is 15.0 Å². The van der Waals surface area contributed by atoms with Gasteiger partial charge in [0.1, 0.15) is 0 Å². The van der Waals surface area contributed by atoms with E-state index in [1.165, 1.54) is 37.0 Å². The first kappa shape index (κ1) is 22.4. The molecule has 0 bridgehead atoms. The summed E-state index contributed by atoms with van der Waals surface area (Å²) in [6.07, 6.45) is 7.91. The van der Waals surface area contributed by atoms with Gasteiger partial charge in [0.2, 0.25) is 5.91 Å². The Kier molecular flexibility index (Phi) is 6.79. The highest BCUT2D eigenvalue weighted by atomic mass is 32.2. The summed E-state index contributed by atoms with van der Waals surface area (Å²) in [5, 5.41) is 8.62. The van der Waals surface area contributed by atoms with Gasteiger partial charge >= 0.3 is 0 Å². The second-order valence-corrected chi connectivity index (χ2v) is 11.7. The molecule has 1 heterocycles. The van der Waals surface area contributed by atoms with Crippen LogP contribution in [0.25, 0.3) is 0 Å². The maximum absolute atomic E-state index is 13.4. The average molecular weight is 462 g/mol. The van der Waals surface area contributed by atoms with E-state index in [0.29, 0.717) is 34.8 Å². The van der Waals surface area contributed by atoms with E-state index >= 15 is 0 Å². The van der Waals surface area contributed by atoms with Crippen molar-refractivity contribution < 1.29 is 13.2 Å². The number of carbonyl (C=O) groups is 1. The van der Waals surface area contributed by atoms with Crippen LogP contribution in [0.4, 0.5) is 5.13 Å². The number of rotatable bonds is 10. The number of hydrogen-bond donors (Lipinski definition) is 2. The largest absolute Gasteiger partial charge is 0.317 e. The standard InChI is InChI=1S/C23H31N3O3S2/c1-2-24-12-5-15-31(28,29)19-10-8-18(9-11-19)23(16-20(23)17-6-3-4-7-17)21(27)26-22-25-13-14-30-22/h8-11,13-14,17,20,24H,2-7,12,15-16H2,1H3,(H,25,26,27)/t20-,23-/m0/s1. The molecule has 2 aliphatic carbocycles. The van der Waals surface area contributed by atoms with Gasteiger partial charge in [-0.1, -0.05) is 44.7 Å². The molecule has 8 heteroatoms. The summed E-state index contributed by atoms with van der Waals surface area (Å²) in [7, 11) is -3.32. The monoisotopic (exact) mass is 461 g/mol. The number of anilines is 1. The Bertz CT molecular complexity index is 984. The third kappa shape index (κ3) is 4.71. The first-order chi connectivity index (χ1) is 15.0. The Morgan fingerprint density at radius 3 is 2.61 bits per heavy atom. The van der Waals surface area contributed by atoms with Crippen LogP contribution < -0.4 is 10.6 Å². The van der Waals surface area contributed by atoms with Gasteiger partial charge in [-0.2, -0.15) is 0 Å². The van der Waals surface area contributed by atoms with Crippen LogP contribution in [0, 0.1) is 11.8 Å². The van der Waals surface area contributed by atoms with Crippen LogP contribution >= 0.6 is 11.3 Å². The molecule has 0 radical (unpaired) electrons. The highest BCUT2D eigenvalue weighted by Gasteiger charge is 2.63. The van der Waals surface area contributed by atoms with Gasteiger partial charge in [0, 0.05) is 11.6 Å². The number of nitrogens with zero attached hydrogens (tertiary/aromatic N) is 1. The maximum Gasteiger partial charge on any atom is 0.237 e. The van der Waals surface area contributed by atoms with Crippen molar-refractivity contribution in [3.8, 4) is 0 Å². The average Bonchev–Trinajstić information content (AvgIpc) is 3.12. The van der Waals surface area contributed by atoms with Crippen molar-refractivity contribution >= 4 is 32.2 Å². The van der Waals surface area contributed by atoms with Crippen LogP contribution in [0.1, 0.15) is 51.0 Å². The SMILES string of the molecule is CCNCCCS(=O)(=O)c1ccc([C@@]2(C(=O)Nc3nccs3)C[C@H]2C2CCCC2)cc1. The molecule has 0 saturated heterocycles. The minimum Gasteiger partial charge on any atom is -0.317 e. The van der Waals surface area contributed by atoms with Gasteiger partial charge in [-0.05, 0) is 55.5 Å². The van der Waals surface area contributed by atoms with E-state index in [1.807, 2.05) is 24.4 Å². The Balaban J connectivity index is 1.54. The molecule has 0 spiro atoms. The van der Waals surface area contributed by atoms with Gasteiger partial charge in [0.05, 0.1) is 16.1 Å². The lowest BCUT2D eigenvalue weighted by Gasteiger charge is -2.20. The number of sulfone groups is 1. The van der Waals surface area contributed by atoms with Crippen molar-refractivity contribution in [2.24, 2.45) is 11.8 Å². The molecule has 168 valence electrons. The van der Waals surface area contributed by atoms with Crippen molar-refractivity contribution in [3.63, 3.8) is 0 Å². The normalized spacial score (nSPS) is 23.7. The van der Waals surface area contributed by atoms with Crippen molar-refractivity contribution in [2.45, 2.75) is 55.8 Å². The summed E-state index contributed by atoms with van der Waals surface area (Å²) in [6.45, 7) is 3.53. The fourth-order valence-electron chi connectivity index (χ4n) is 5.08. The molecule has 2 atom stereocenters. The predicted octanol–water partition coefficient (Wildman–Crippen LogP) is 4.00. The molecule has 4 rings (SSSR count). The Morgan fingerprint density at radius 1 is 1.23 bits per heavy atom. The lowest BCUT2D eigenvalue weighted by molar-refractivity contribution is -0.119. The summed E-state index contributed by atoms with van der Waals surface area (Å²) in [4.78, 5) is 17.9. The van der Waals surface area contributed by atoms with Gasteiger partial charge in [0.25, 0.3) is 0 Å². The molecule has 1 amide bonds. The van der Waals surface area contributed by atoms with E-state index in [-0.39, 0.29) is 11.7 Å². The molecule has 2 saturated carbocycles. The Morgan fingerprint density at radius 2 is 1.97 bits per heavy atom. The Hall–Kier alpha value is -1.77. The number of benzene rings is 1. The number of aromatic nitrogens is 1. The topological polar surface area (TPSA) is 88.2 Å². The summed E-state index contributed by atoms with van der Waals surface area (Å²) in [5.41, 5.74) is 0.346. The van der Waals surface area contributed by atoms with E-state index in [2.05, 4.69) is 15.6 Å². The minimum atomic E-state index is -3.32. The van der Waals surface area contributed by atoms with E-state index < -0.39 is 15.3 Å². The van der Waals surface area contributed by atoms with Gasteiger partial charge in [-0.25, -0.2) is 13.4 Å². The molecule has 31 heavy (non-hydrogen) atoms. The highest BCUT2D eigenvalue weighted by molar-refractivity contribution is 7.91. The van der Waals surface area contributed by atoms with Crippen molar-refractivity contribution in [2.75, 3.05) is 24.2 Å². The lowest BCUT2D eigenvalue weighted by Crippen LogP contribution is -2.31. The van der Waals surface area contributed by atoms with Crippen molar-refractivity contribution in [3.05, 3.63) is 41.4 Å². The van der Waals surface area contributed by atoms with Gasteiger partial charge < -0.3 is 10.6 Å². The molecule has 2 aromatic rings. The van der Waals surface area contributed by atoms with Crippen LogP contribution in [-0.2, 0) is 20.0 Å². The number of thiazole rings is 1. The molecule has 0 aliphatic heterocycles. The molecule has 6 nitrogen and oxygen atoms in total. The zero-order valence-electron chi connectivity index (χ0n) is 18.0. The quantitative estimate of drug-likeness (QED) is 0.522. The summed E-state index contributed by atoms with van der Waals surface area (Å²) < 4.78 is 25.4. The predicted molar refractivity (Wildman–Crippen MR) is 124 cm³/mol. The van der Waals surface area contributed by atoms with E-state index in [9.17, 15) is 13.2 Å². The van der Waals surface area contributed by atoms with Gasteiger partial charge in [-0.3, -0.25) is 4.79 Å². The van der Waals surface area contributed by atoms with E-state index in [4.69, 9.17) is 0 Å². The molecule has 2 aliphatic rings. The third-order valence-electron chi connectivity index (χ3n) is 6.79. The minimum absolute atomic E-state index is 0.0133. The molecule has 2 N–H and O–H groups in total. The van der Waals surface area contributed by atoms with Crippen LogP contribution in [0.2, 0.25) is 0 Å². The van der Waals surface area contributed by atoms with Crippen molar-refractivity contribution in [1.29, 1.82) is 0 Å². The molecule has 2 fully saturated rings. The number of carbonyl (C=O) groups excluding carboxylic acids is 1.